The van der Waals surface area contributed by atoms with E-state index in [-0.39, 0.29) is 25.0 Å². The third-order valence-corrected chi connectivity index (χ3v) is 6.62. The van der Waals surface area contributed by atoms with Gasteiger partial charge >= 0.3 is 12.1 Å². The SMILES string of the molecule is COc1ccc(N2CC(CN3CCC(OC(C)=O)(c4ccc5c(c4)OCO5)CC3)OC2=O)cc1. The number of cyclic esters (lactones) is 1. The van der Waals surface area contributed by atoms with Gasteiger partial charge < -0.3 is 23.7 Å². The molecule has 9 nitrogen and oxygen atoms in total. The Labute approximate surface area is 198 Å². The molecule has 0 aliphatic carbocycles. The Morgan fingerprint density at radius 1 is 1.09 bits per heavy atom. The van der Waals surface area contributed by atoms with E-state index in [1.54, 1.807) is 12.0 Å². The molecular formula is C25H28N2O7. The van der Waals surface area contributed by atoms with Crippen LogP contribution in [0.15, 0.2) is 42.5 Å². The maximum Gasteiger partial charge on any atom is 0.414 e. The topological polar surface area (TPSA) is 86.8 Å². The van der Waals surface area contributed by atoms with Crippen LogP contribution in [0.3, 0.4) is 0 Å². The van der Waals surface area contributed by atoms with E-state index in [0.717, 1.165) is 17.0 Å². The summed E-state index contributed by atoms with van der Waals surface area (Å²) in [6.07, 6.45) is 0.688. The summed E-state index contributed by atoms with van der Waals surface area (Å²) in [5.41, 5.74) is 0.971. The molecule has 34 heavy (non-hydrogen) atoms. The molecular weight excluding hydrogens is 440 g/mol. The summed E-state index contributed by atoms with van der Waals surface area (Å²) in [5.74, 6) is 1.79. The van der Waals surface area contributed by atoms with Crippen molar-refractivity contribution in [3.63, 3.8) is 0 Å². The fraction of sp³-hybridized carbons (Fsp3) is 0.440. The molecule has 0 saturated carbocycles. The van der Waals surface area contributed by atoms with Crippen molar-refractivity contribution < 1.29 is 33.3 Å². The number of hydrogen-bond donors (Lipinski definition) is 0. The molecule has 2 aromatic rings. The molecule has 180 valence electrons. The first-order chi connectivity index (χ1) is 16.5. The number of ether oxygens (including phenoxy) is 5. The van der Waals surface area contributed by atoms with E-state index in [0.29, 0.717) is 50.5 Å². The first kappa shape index (κ1) is 22.3. The molecule has 2 aromatic carbocycles. The summed E-state index contributed by atoms with van der Waals surface area (Å²) in [4.78, 5) is 28.3. The lowest BCUT2D eigenvalue weighted by Gasteiger charge is -2.41. The van der Waals surface area contributed by atoms with Gasteiger partial charge in [0, 0.05) is 45.1 Å². The average molecular weight is 469 g/mol. The molecule has 3 aliphatic rings. The predicted molar refractivity (Wildman–Crippen MR) is 122 cm³/mol. The first-order valence-corrected chi connectivity index (χ1v) is 11.4. The number of carbonyl (C=O) groups is 2. The number of hydrogen-bond acceptors (Lipinski definition) is 8. The van der Waals surface area contributed by atoms with Crippen molar-refractivity contribution in [2.24, 2.45) is 0 Å². The minimum Gasteiger partial charge on any atom is -0.497 e. The Kier molecular flexibility index (Phi) is 5.95. The zero-order valence-corrected chi connectivity index (χ0v) is 19.3. The number of rotatable bonds is 6. The van der Waals surface area contributed by atoms with Crippen molar-refractivity contribution in [2.45, 2.75) is 31.5 Å². The standard InChI is InChI=1S/C25H28N2O7/c1-17(28)34-25(18-3-8-22-23(13-18)32-16-31-22)9-11-26(12-10-25)14-21-15-27(24(29)33-21)19-4-6-20(30-2)7-5-19/h3-8,13,21H,9-12,14-16H2,1-2H3. The Bertz CT molecular complexity index is 1060. The van der Waals surface area contributed by atoms with Crippen LogP contribution in [-0.2, 0) is 19.9 Å². The number of anilines is 1. The molecule has 2 fully saturated rings. The van der Waals surface area contributed by atoms with Crippen molar-refractivity contribution in [1.82, 2.24) is 4.90 Å². The van der Waals surface area contributed by atoms with Gasteiger partial charge in [-0.3, -0.25) is 14.6 Å². The normalized spacial score (nSPS) is 21.3. The van der Waals surface area contributed by atoms with E-state index in [1.807, 2.05) is 42.5 Å². The Morgan fingerprint density at radius 2 is 1.82 bits per heavy atom. The van der Waals surface area contributed by atoms with Gasteiger partial charge in [-0.1, -0.05) is 6.07 Å². The van der Waals surface area contributed by atoms with Crippen LogP contribution in [0.4, 0.5) is 10.5 Å². The van der Waals surface area contributed by atoms with Crippen LogP contribution in [0.5, 0.6) is 17.2 Å². The van der Waals surface area contributed by atoms with Crippen LogP contribution in [0.2, 0.25) is 0 Å². The fourth-order valence-electron chi connectivity index (χ4n) is 4.88. The van der Waals surface area contributed by atoms with E-state index in [2.05, 4.69) is 4.90 Å². The second-order valence-corrected chi connectivity index (χ2v) is 8.77. The number of fused-ring (bicyclic) bond motifs is 1. The molecule has 1 unspecified atom stereocenters. The van der Waals surface area contributed by atoms with Gasteiger partial charge in [-0.2, -0.15) is 0 Å². The van der Waals surface area contributed by atoms with E-state index < -0.39 is 5.60 Å². The number of nitrogens with zero attached hydrogens (tertiary/aromatic N) is 2. The number of likely N-dealkylation sites (tertiary alicyclic amines) is 1. The molecule has 0 spiro atoms. The molecule has 1 amide bonds. The lowest BCUT2D eigenvalue weighted by molar-refractivity contribution is -0.164. The Balaban J connectivity index is 1.23. The number of methoxy groups -OCH3 is 1. The molecule has 1 atom stereocenters. The van der Waals surface area contributed by atoms with E-state index >= 15 is 0 Å². The number of benzene rings is 2. The highest BCUT2D eigenvalue weighted by Crippen LogP contribution is 2.42. The van der Waals surface area contributed by atoms with E-state index in [9.17, 15) is 9.59 Å². The quantitative estimate of drug-likeness (QED) is 0.597. The second-order valence-electron chi connectivity index (χ2n) is 8.77. The molecule has 3 aliphatic heterocycles. The fourth-order valence-corrected chi connectivity index (χ4v) is 4.88. The third kappa shape index (κ3) is 4.35. The van der Waals surface area contributed by atoms with Crippen LogP contribution in [0.25, 0.3) is 0 Å². The van der Waals surface area contributed by atoms with Gasteiger partial charge in [0.1, 0.15) is 17.5 Å². The van der Waals surface area contributed by atoms with E-state index in [4.69, 9.17) is 23.7 Å². The summed E-state index contributed by atoms with van der Waals surface area (Å²) in [6.45, 7) is 4.15. The average Bonchev–Trinajstić information content (AvgIpc) is 3.46. The lowest BCUT2D eigenvalue weighted by Crippen LogP contribution is -2.47. The van der Waals surface area contributed by atoms with Crippen LogP contribution in [0.1, 0.15) is 25.3 Å². The smallest absolute Gasteiger partial charge is 0.414 e. The maximum atomic E-state index is 12.5. The Morgan fingerprint density at radius 3 is 2.53 bits per heavy atom. The van der Waals surface area contributed by atoms with Crippen molar-refractivity contribution in [2.75, 3.05) is 45.0 Å². The molecule has 2 saturated heterocycles. The lowest BCUT2D eigenvalue weighted by atomic mass is 9.83. The molecule has 5 rings (SSSR count). The minimum absolute atomic E-state index is 0.195. The van der Waals surface area contributed by atoms with Gasteiger partial charge in [0.05, 0.1) is 13.7 Å². The van der Waals surface area contributed by atoms with Crippen molar-refractivity contribution >= 4 is 17.7 Å². The molecule has 0 bridgehead atoms. The van der Waals surface area contributed by atoms with Gasteiger partial charge in [0.15, 0.2) is 11.5 Å². The van der Waals surface area contributed by atoms with Gasteiger partial charge in [-0.05, 0) is 42.0 Å². The molecule has 9 heteroatoms. The van der Waals surface area contributed by atoms with Gasteiger partial charge in [0.2, 0.25) is 6.79 Å². The van der Waals surface area contributed by atoms with E-state index in [1.165, 1.54) is 6.92 Å². The van der Waals surface area contributed by atoms with Crippen molar-refractivity contribution in [3.05, 3.63) is 48.0 Å². The zero-order chi connectivity index (χ0) is 23.7. The predicted octanol–water partition coefficient (Wildman–Crippen LogP) is 3.30. The molecule has 0 N–H and O–H groups in total. The molecule has 0 radical (unpaired) electrons. The highest BCUT2D eigenvalue weighted by atomic mass is 16.7. The molecule has 3 heterocycles. The molecule has 0 aromatic heterocycles. The van der Waals surface area contributed by atoms with Gasteiger partial charge in [-0.15, -0.1) is 0 Å². The second kappa shape index (κ2) is 9.06. The Hall–Kier alpha value is -3.46. The number of esters is 1. The number of piperidine rings is 1. The monoisotopic (exact) mass is 468 g/mol. The van der Waals surface area contributed by atoms with Crippen LogP contribution < -0.4 is 19.1 Å². The zero-order valence-electron chi connectivity index (χ0n) is 19.3. The summed E-state index contributed by atoms with van der Waals surface area (Å²) in [6, 6.07) is 13.1. The minimum atomic E-state index is -0.717. The highest BCUT2D eigenvalue weighted by molar-refractivity contribution is 5.89. The van der Waals surface area contributed by atoms with Crippen LogP contribution >= 0.6 is 0 Å². The summed E-state index contributed by atoms with van der Waals surface area (Å²) in [5, 5.41) is 0. The first-order valence-electron chi connectivity index (χ1n) is 11.4. The van der Waals surface area contributed by atoms with Crippen molar-refractivity contribution in [1.29, 1.82) is 0 Å². The van der Waals surface area contributed by atoms with Gasteiger partial charge in [0.25, 0.3) is 0 Å². The highest BCUT2D eigenvalue weighted by Gasteiger charge is 2.42. The number of amides is 1. The third-order valence-electron chi connectivity index (χ3n) is 6.62. The number of carbonyl (C=O) groups excluding carboxylic acids is 2. The summed E-state index contributed by atoms with van der Waals surface area (Å²) < 4.78 is 27.7. The van der Waals surface area contributed by atoms with Gasteiger partial charge in [-0.25, -0.2) is 4.79 Å². The van der Waals surface area contributed by atoms with Crippen LogP contribution in [0, 0.1) is 0 Å². The maximum absolute atomic E-state index is 12.5. The van der Waals surface area contributed by atoms with Crippen molar-refractivity contribution in [3.8, 4) is 17.2 Å². The summed E-state index contributed by atoms with van der Waals surface area (Å²) >= 11 is 0. The summed E-state index contributed by atoms with van der Waals surface area (Å²) in [7, 11) is 1.61. The largest absolute Gasteiger partial charge is 0.497 e. The van der Waals surface area contributed by atoms with Crippen LogP contribution in [-0.4, -0.2) is 63.1 Å².